The minimum atomic E-state index is -0.871. The number of nitrogens with one attached hydrogen (secondary N) is 1. The number of hydrogen-bond acceptors (Lipinski definition) is 4. The standard InChI is InChI=1S/C22H24F2N4O2/c23-16-3-5-18(19(24)13-16)22(30)28-11-7-15(8-12-28)21(29)26-17-4-6-20(25-14-17)27-9-1-2-10-27/h3-6,13-15H,1-2,7-12H2,(H,26,29). The van der Waals surface area contributed by atoms with Gasteiger partial charge in [-0.05, 0) is 49.9 Å². The summed E-state index contributed by atoms with van der Waals surface area (Å²) in [5, 5.41) is 2.90. The van der Waals surface area contributed by atoms with Crippen LogP contribution in [0.25, 0.3) is 0 Å². The Morgan fingerprint density at radius 2 is 1.73 bits per heavy atom. The molecule has 8 heteroatoms. The van der Waals surface area contributed by atoms with Crippen molar-refractivity contribution in [1.82, 2.24) is 9.88 Å². The zero-order valence-electron chi connectivity index (χ0n) is 16.6. The molecule has 0 atom stereocenters. The molecule has 3 heterocycles. The highest BCUT2D eigenvalue weighted by molar-refractivity contribution is 5.95. The summed E-state index contributed by atoms with van der Waals surface area (Å²) >= 11 is 0. The summed E-state index contributed by atoms with van der Waals surface area (Å²) in [4.78, 5) is 33.3. The van der Waals surface area contributed by atoms with Crippen LogP contribution in [0.2, 0.25) is 0 Å². The zero-order chi connectivity index (χ0) is 21.1. The summed E-state index contributed by atoms with van der Waals surface area (Å²) in [5.41, 5.74) is 0.498. The molecule has 2 aliphatic heterocycles. The van der Waals surface area contributed by atoms with E-state index >= 15 is 0 Å². The number of benzene rings is 1. The summed E-state index contributed by atoms with van der Waals surface area (Å²) in [5.74, 6) is -1.48. The predicted octanol–water partition coefficient (Wildman–Crippen LogP) is 3.45. The lowest BCUT2D eigenvalue weighted by Crippen LogP contribution is -2.41. The van der Waals surface area contributed by atoms with Gasteiger partial charge in [0.25, 0.3) is 5.91 Å². The van der Waals surface area contributed by atoms with Crippen molar-refractivity contribution in [2.75, 3.05) is 36.4 Å². The fourth-order valence-corrected chi connectivity index (χ4v) is 4.02. The third kappa shape index (κ3) is 4.42. The maximum atomic E-state index is 13.9. The van der Waals surface area contributed by atoms with Gasteiger partial charge in [-0.25, -0.2) is 13.8 Å². The van der Waals surface area contributed by atoms with Crippen LogP contribution in [0.4, 0.5) is 20.3 Å². The fourth-order valence-electron chi connectivity index (χ4n) is 4.02. The lowest BCUT2D eigenvalue weighted by Gasteiger charge is -2.31. The summed E-state index contributed by atoms with van der Waals surface area (Å²) in [6, 6.07) is 6.70. The van der Waals surface area contributed by atoms with Crippen molar-refractivity contribution in [2.24, 2.45) is 5.92 Å². The van der Waals surface area contributed by atoms with Crippen LogP contribution < -0.4 is 10.2 Å². The minimum Gasteiger partial charge on any atom is -0.357 e. The Kier molecular flexibility index (Phi) is 5.92. The lowest BCUT2D eigenvalue weighted by molar-refractivity contribution is -0.121. The van der Waals surface area contributed by atoms with Crippen LogP contribution in [0, 0.1) is 17.6 Å². The van der Waals surface area contributed by atoms with E-state index in [9.17, 15) is 18.4 Å². The monoisotopic (exact) mass is 414 g/mol. The zero-order valence-corrected chi connectivity index (χ0v) is 16.6. The molecule has 1 aromatic heterocycles. The summed E-state index contributed by atoms with van der Waals surface area (Å²) in [7, 11) is 0. The van der Waals surface area contributed by atoms with Crippen LogP contribution in [-0.4, -0.2) is 47.9 Å². The van der Waals surface area contributed by atoms with Crippen molar-refractivity contribution < 1.29 is 18.4 Å². The molecule has 1 N–H and O–H groups in total. The molecule has 6 nitrogen and oxygen atoms in total. The number of piperidine rings is 1. The number of aromatic nitrogens is 1. The van der Waals surface area contributed by atoms with Gasteiger partial charge in [-0.1, -0.05) is 0 Å². The Morgan fingerprint density at radius 1 is 1.00 bits per heavy atom. The molecule has 0 spiro atoms. The molecule has 0 unspecified atom stereocenters. The predicted molar refractivity (Wildman–Crippen MR) is 109 cm³/mol. The third-order valence-corrected chi connectivity index (χ3v) is 5.76. The first kappa shape index (κ1) is 20.3. The van der Waals surface area contributed by atoms with Gasteiger partial charge >= 0.3 is 0 Å². The van der Waals surface area contributed by atoms with Crippen molar-refractivity contribution in [1.29, 1.82) is 0 Å². The number of halogens is 2. The molecule has 2 aromatic rings. The van der Waals surface area contributed by atoms with Gasteiger partial charge in [0, 0.05) is 38.2 Å². The number of carbonyl (C=O) groups excluding carboxylic acids is 2. The first-order valence-corrected chi connectivity index (χ1v) is 10.3. The number of carbonyl (C=O) groups is 2. The number of likely N-dealkylation sites (tertiary alicyclic amines) is 1. The Balaban J connectivity index is 1.30. The smallest absolute Gasteiger partial charge is 0.256 e. The van der Waals surface area contributed by atoms with Gasteiger partial charge < -0.3 is 15.1 Å². The average molecular weight is 414 g/mol. The van der Waals surface area contributed by atoms with E-state index in [0.29, 0.717) is 37.7 Å². The quantitative estimate of drug-likeness (QED) is 0.832. The molecule has 30 heavy (non-hydrogen) atoms. The number of amides is 2. The molecule has 2 aliphatic rings. The molecular weight excluding hydrogens is 390 g/mol. The van der Waals surface area contributed by atoms with E-state index in [2.05, 4.69) is 15.2 Å². The third-order valence-electron chi connectivity index (χ3n) is 5.76. The highest BCUT2D eigenvalue weighted by Crippen LogP contribution is 2.23. The van der Waals surface area contributed by atoms with Crippen LogP contribution in [0.1, 0.15) is 36.0 Å². The topological polar surface area (TPSA) is 65.5 Å². The Morgan fingerprint density at radius 3 is 2.37 bits per heavy atom. The van der Waals surface area contributed by atoms with Crippen LogP contribution >= 0.6 is 0 Å². The first-order chi connectivity index (χ1) is 14.5. The number of pyridine rings is 1. The van der Waals surface area contributed by atoms with E-state index in [1.807, 2.05) is 12.1 Å². The van der Waals surface area contributed by atoms with Crippen molar-refractivity contribution in [3.8, 4) is 0 Å². The molecule has 2 saturated heterocycles. The van der Waals surface area contributed by atoms with Crippen molar-refractivity contribution in [3.05, 3.63) is 53.7 Å². The van der Waals surface area contributed by atoms with Gasteiger partial charge in [0.1, 0.15) is 17.5 Å². The second kappa shape index (κ2) is 8.77. The van der Waals surface area contributed by atoms with E-state index in [1.165, 1.54) is 17.7 Å². The molecule has 0 saturated carbocycles. The van der Waals surface area contributed by atoms with Crippen molar-refractivity contribution in [3.63, 3.8) is 0 Å². The summed E-state index contributed by atoms with van der Waals surface area (Å²) in [6.45, 7) is 2.72. The molecule has 4 rings (SSSR count). The number of nitrogens with zero attached hydrogens (tertiary/aromatic N) is 3. The first-order valence-electron chi connectivity index (χ1n) is 10.3. The maximum Gasteiger partial charge on any atom is 0.256 e. The van der Waals surface area contributed by atoms with Gasteiger partial charge in [-0.15, -0.1) is 0 Å². The van der Waals surface area contributed by atoms with Crippen molar-refractivity contribution in [2.45, 2.75) is 25.7 Å². The average Bonchev–Trinajstić information content (AvgIpc) is 3.29. The van der Waals surface area contributed by atoms with Crippen LogP contribution in [0.5, 0.6) is 0 Å². The Labute approximate surface area is 173 Å². The lowest BCUT2D eigenvalue weighted by atomic mass is 9.95. The number of hydrogen-bond donors (Lipinski definition) is 1. The van der Waals surface area contributed by atoms with Crippen LogP contribution in [0.3, 0.4) is 0 Å². The second-order valence-corrected chi connectivity index (χ2v) is 7.78. The molecule has 0 bridgehead atoms. The molecule has 2 amide bonds. The summed E-state index contributed by atoms with van der Waals surface area (Å²) in [6.07, 6.45) is 4.99. The maximum absolute atomic E-state index is 13.9. The highest BCUT2D eigenvalue weighted by atomic mass is 19.1. The minimum absolute atomic E-state index is 0.106. The van der Waals surface area contributed by atoms with E-state index < -0.39 is 17.5 Å². The number of rotatable bonds is 4. The Hall–Kier alpha value is -3.03. The second-order valence-electron chi connectivity index (χ2n) is 7.78. The highest BCUT2D eigenvalue weighted by Gasteiger charge is 2.29. The molecule has 0 radical (unpaired) electrons. The van der Waals surface area contributed by atoms with Gasteiger partial charge in [0.2, 0.25) is 5.91 Å². The molecule has 1 aromatic carbocycles. The van der Waals surface area contributed by atoms with Crippen molar-refractivity contribution >= 4 is 23.3 Å². The summed E-state index contributed by atoms with van der Waals surface area (Å²) < 4.78 is 26.9. The SMILES string of the molecule is O=C(Nc1ccc(N2CCCC2)nc1)C1CCN(C(=O)c2ccc(F)cc2F)CC1. The van der Waals surface area contributed by atoms with Gasteiger partial charge in [0.15, 0.2) is 0 Å². The van der Waals surface area contributed by atoms with Crippen LogP contribution in [-0.2, 0) is 4.79 Å². The van der Waals surface area contributed by atoms with E-state index in [4.69, 9.17) is 0 Å². The van der Waals surface area contributed by atoms with Crippen LogP contribution in [0.15, 0.2) is 36.5 Å². The molecule has 2 fully saturated rings. The fraction of sp³-hybridized carbons (Fsp3) is 0.409. The molecule has 0 aliphatic carbocycles. The van der Waals surface area contributed by atoms with E-state index in [0.717, 1.165) is 31.0 Å². The largest absolute Gasteiger partial charge is 0.357 e. The number of anilines is 2. The molecule has 158 valence electrons. The van der Waals surface area contributed by atoms with Gasteiger partial charge in [-0.2, -0.15) is 0 Å². The van der Waals surface area contributed by atoms with Gasteiger partial charge in [0.05, 0.1) is 17.4 Å². The molecular formula is C22H24F2N4O2. The van der Waals surface area contributed by atoms with Gasteiger partial charge in [-0.3, -0.25) is 9.59 Å². The Bertz CT molecular complexity index is 921. The normalized spacial score (nSPS) is 17.3. The van der Waals surface area contributed by atoms with E-state index in [-0.39, 0.29) is 17.4 Å². The van der Waals surface area contributed by atoms with E-state index in [1.54, 1.807) is 6.20 Å².